The molecule has 0 spiro atoms. The summed E-state index contributed by atoms with van der Waals surface area (Å²) in [6, 6.07) is 0. The Morgan fingerprint density at radius 1 is 1.50 bits per heavy atom. The van der Waals surface area contributed by atoms with Gasteiger partial charge in [-0.1, -0.05) is 23.8 Å². The summed E-state index contributed by atoms with van der Waals surface area (Å²) in [6.45, 7) is 1.90. The average Bonchev–Trinajstić information content (AvgIpc) is 1.95. The standard InChI is InChI=1S/C8H7ClO/c1-2-6-3-4-8(10)7(9)5-6/h2-5H,1H3/b6-2+. The molecule has 1 rings (SSSR count). The van der Waals surface area contributed by atoms with E-state index in [1.54, 1.807) is 12.2 Å². The van der Waals surface area contributed by atoms with Crippen molar-refractivity contribution < 1.29 is 4.79 Å². The van der Waals surface area contributed by atoms with Crippen LogP contribution in [0.1, 0.15) is 6.92 Å². The van der Waals surface area contributed by atoms with Gasteiger partial charge in [0.25, 0.3) is 0 Å². The molecule has 1 aliphatic carbocycles. The van der Waals surface area contributed by atoms with Crippen molar-refractivity contribution in [3.8, 4) is 0 Å². The van der Waals surface area contributed by atoms with E-state index in [1.165, 1.54) is 6.08 Å². The van der Waals surface area contributed by atoms with Crippen molar-refractivity contribution in [2.75, 3.05) is 0 Å². The van der Waals surface area contributed by atoms with Gasteiger partial charge in [0.1, 0.15) is 0 Å². The van der Waals surface area contributed by atoms with Gasteiger partial charge in [0.15, 0.2) is 5.78 Å². The fraction of sp³-hybridized carbons (Fsp3) is 0.125. The van der Waals surface area contributed by atoms with Crippen molar-refractivity contribution in [2.45, 2.75) is 6.92 Å². The van der Waals surface area contributed by atoms with E-state index in [-0.39, 0.29) is 10.8 Å². The molecule has 52 valence electrons. The molecular formula is C8H7ClO. The molecule has 0 radical (unpaired) electrons. The Morgan fingerprint density at radius 2 is 2.20 bits per heavy atom. The molecule has 10 heavy (non-hydrogen) atoms. The SMILES string of the molecule is C/C=C1\C=CC(=O)C(Cl)=C1. The average molecular weight is 155 g/mol. The fourth-order valence-electron chi connectivity index (χ4n) is 0.697. The fourth-order valence-corrected chi connectivity index (χ4v) is 0.886. The number of hydrogen-bond acceptors (Lipinski definition) is 1. The van der Waals surface area contributed by atoms with Crippen LogP contribution in [0.4, 0.5) is 0 Å². The van der Waals surface area contributed by atoms with Gasteiger partial charge in [-0.15, -0.1) is 0 Å². The molecule has 0 aromatic rings. The van der Waals surface area contributed by atoms with Gasteiger partial charge in [-0.25, -0.2) is 0 Å². The molecular weight excluding hydrogens is 148 g/mol. The quantitative estimate of drug-likeness (QED) is 0.523. The van der Waals surface area contributed by atoms with Crippen LogP contribution in [-0.2, 0) is 4.79 Å². The minimum absolute atomic E-state index is 0.118. The van der Waals surface area contributed by atoms with E-state index < -0.39 is 0 Å². The zero-order valence-electron chi connectivity index (χ0n) is 5.60. The maximum absolute atomic E-state index is 10.7. The molecule has 0 saturated carbocycles. The lowest BCUT2D eigenvalue weighted by molar-refractivity contribution is -0.110. The van der Waals surface area contributed by atoms with E-state index >= 15 is 0 Å². The number of ketones is 1. The van der Waals surface area contributed by atoms with E-state index in [1.807, 2.05) is 13.0 Å². The minimum atomic E-state index is -0.118. The molecule has 0 aliphatic heterocycles. The first-order valence-corrected chi connectivity index (χ1v) is 3.38. The summed E-state index contributed by atoms with van der Waals surface area (Å²) < 4.78 is 0. The molecule has 0 unspecified atom stereocenters. The Kier molecular flexibility index (Phi) is 2.07. The topological polar surface area (TPSA) is 17.1 Å². The van der Waals surface area contributed by atoms with E-state index in [0.29, 0.717) is 0 Å². The highest BCUT2D eigenvalue weighted by atomic mass is 35.5. The predicted molar refractivity (Wildman–Crippen MR) is 41.8 cm³/mol. The summed E-state index contributed by atoms with van der Waals surface area (Å²) >= 11 is 5.56. The number of rotatable bonds is 0. The van der Waals surface area contributed by atoms with Crippen molar-refractivity contribution in [1.82, 2.24) is 0 Å². The lowest BCUT2D eigenvalue weighted by atomic mass is 10.1. The lowest BCUT2D eigenvalue weighted by Gasteiger charge is -2.00. The summed E-state index contributed by atoms with van der Waals surface area (Å²) in [5.41, 5.74) is 0.976. The minimum Gasteiger partial charge on any atom is -0.288 e. The smallest absolute Gasteiger partial charge is 0.197 e. The molecule has 0 amide bonds. The van der Waals surface area contributed by atoms with Crippen LogP contribution >= 0.6 is 11.6 Å². The first-order chi connectivity index (χ1) is 4.74. The molecule has 0 fully saturated rings. The van der Waals surface area contributed by atoms with Gasteiger partial charge in [-0.3, -0.25) is 4.79 Å². The summed E-state index contributed by atoms with van der Waals surface area (Å²) in [5, 5.41) is 0.288. The van der Waals surface area contributed by atoms with E-state index in [4.69, 9.17) is 11.6 Å². The molecule has 1 aliphatic rings. The Morgan fingerprint density at radius 3 is 2.70 bits per heavy atom. The third-order valence-electron chi connectivity index (χ3n) is 1.29. The molecule has 0 saturated heterocycles. The van der Waals surface area contributed by atoms with Gasteiger partial charge in [-0.05, 0) is 24.6 Å². The first-order valence-electron chi connectivity index (χ1n) is 3.00. The van der Waals surface area contributed by atoms with Crippen LogP contribution in [0.3, 0.4) is 0 Å². The molecule has 0 aromatic carbocycles. The van der Waals surface area contributed by atoms with Crippen molar-refractivity contribution in [1.29, 1.82) is 0 Å². The monoisotopic (exact) mass is 154 g/mol. The van der Waals surface area contributed by atoms with Gasteiger partial charge in [0, 0.05) is 0 Å². The number of halogens is 1. The van der Waals surface area contributed by atoms with Crippen LogP contribution in [0.5, 0.6) is 0 Å². The first kappa shape index (κ1) is 7.29. The zero-order chi connectivity index (χ0) is 7.56. The molecule has 0 atom stereocenters. The Balaban J connectivity index is 2.95. The predicted octanol–water partition coefficient (Wildman–Crippen LogP) is 2.19. The highest BCUT2D eigenvalue weighted by Gasteiger charge is 2.06. The van der Waals surface area contributed by atoms with Crippen LogP contribution in [0, 0.1) is 0 Å². The molecule has 0 bridgehead atoms. The molecule has 0 aromatic heterocycles. The lowest BCUT2D eigenvalue weighted by Crippen LogP contribution is -1.96. The van der Waals surface area contributed by atoms with Crippen molar-refractivity contribution >= 4 is 17.4 Å². The molecule has 2 heteroatoms. The van der Waals surface area contributed by atoms with Gasteiger partial charge in [0.05, 0.1) is 5.03 Å². The second-order valence-corrected chi connectivity index (χ2v) is 2.39. The zero-order valence-corrected chi connectivity index (χ0v) is 6.35. The molecule has 1 nitrogen and oxygen atoms in total. The van der Waals surface area contributed by atoms with Crippen molar-refractivity contribution in [3.63, 3.8) is 0 Å². The second kappa shape index (κ2) is 2.84. The molecule has 0 heterocycles. The number of allylic oxidation sites excluding steroid dienone is 6. The number of hydrogen-bond donors (Lipinski definition) is 0. The normalized spacial score (nSPS) is 21.6. The van der Waals surface area contributed by atoms with Crippen LogP contribution in [-0.4, -0.2) is 5.78 Å². The molecule has 0 N–H and O–H groups in total. The summed E-state index contributed by atoms with van der Waals surface area (Å²) in [6.07, 6.45) is 6.76. The van der Waals surface area contributed by atoms with Crippen LogP contribution in [0.25, 0.3) is 0 Å². The Bertz CT molecular complexity index is 246. The van der Waals surface area contributed by atoms with E-state index in [9.17, 15) is 4.79 Å². The number of carbonyl (C=O) groups is 1. The van der Waals surface area contributed by atoms with Gasteiger partial charge in [-0.2, -0.15) is 0 Å². The summed E-state index contributed by atoms with van der Waals surface area (Å²) in [4.78, 5) is 10.7. The number of carbonyl (C=O) groups excluding carboxylic acids is 1. The highest BCUT2D eigenvalue weighted by molar-refractivity contribution is 6.44. The van der Waals surface area contributed by atoms with Gasteiger partial charge in [0.2, 0.25) is 0 Å². The van der Waals surface area contributed by atoms with Crippen LogP contribution in [0.15, 0.2) is 34.9 Å². The second-order valence-electron chi connectivity index (χ2n) is 1.98. The third kappa shape index (κ3) is 1.36. The van der Waals surface area contributed by atoms with Crippen molar-refractivity contribution in [2.24, 2.45) is 0 Å². The van der Waals surface area contributed by atoms with Gasteiger partial charge >= 0.3 is 0 Å². The summed E-state index contributed by atoms with van der Waals surface area (Å²) in [5.74, 6) is -0.118. The Labute approximate surface area is 64.7 Å². The Hall–Kier alpha value is -0.820. The summed E-state index contributed by atoms with van der Waals surface area (Å²) in [7, 11) is 0. The van der Waals surface area contributed by atoms with Crippen LogP contribution in [0.2, 0.25) is 0 Å². The van der Waals surface area contributed by atoms with Crippen molar-refractivity contribution in [3.05, 3.63) is 34.9 Å². The maximum Gasteiger partial charge on any atom is 0.197 e. The largest absolute Gasteiger partial charge is 0.288 e. The maximum atomic E-state index is 10.7. The van der Waals surface area contributed by atoms with Gasteiger partial charge < -0.3 is 0 Å². The highest BCUT2D eigenvalue weighted by Crippen LogP contribution is 2.15. The van der Waals surface area contributed by atoms with Crippen LogP contribution < -0.4 is 0 Å². The van der Waals surface area contributed by atoms with E-state index in [0.717, 1.165) is 5.57 Å². The van der Waals surface area contributed by atoms with E-state index in [2.05, 4.69) is 0 Å². The third-order valence-corrected chi connectivity index (χ3v) is 1.58.